The van der Waals surface area contributed by atoms with Crippen LogP contribution in [-0.2, 0) is 0 Å². The van der Waals surface area contributed by atoms with E-state index in [0.717, 1.165) is 17.3 Å². The number of hydrazone groups is 1. The third kappa shape index (κ3) is 4.98. The fourth-order valence-corrected chi connectivity index (χ4v) is 2.21. The maximum Gasteiger partial charge on any atom is 0.343 e. The van der Waals surface area contributed by atoms with Crippen molar-refractivity contribution in [3.63, 3.8) is 0 Å². The molecule has 140 valence electrons. The fourth-order valence-electron chi connectivity index (χ4n) is 2.21. The van der Waals surface area contributed by atoms with Crippen LogP contribution in [0.4, 0.5) is 11.5 Å². The van der Waals surface area contributed by atoms with Gasteiger partial charge in [-0.05, 0) is 55.0 Å². The summed E-state index contributed by atoms with van der Waals surface area (Å²) in [6.07, 6.45) is 2.70. The van der Waals surface area contributed by atoms with E-state index in [9.17, 15) is 14.9 Å². The Morgan fingerprint density at radius 2 is 1.82 bits per heavy atom. The van der Waals surface area contributed by atoms with Gasteiger partial charge in [-0.25, -0.2) is 9.78 Å². The molecule has 8 heteroatoms. The van der Waals surface area contributed by atoms with Crippen molar-refractivity contribution in [3.8, 4) is 5.75 Å². The van der Waals surface area contributed by atoms with Gasteiger partial charge in [-0.3, -0.25) is 15.5 Å². The van der Waals surface area contributed by atoms with Crippen molar-refractivity contribution in [2.24, 2.45) is 5.10 Å². The molecule has 0 spiro atoms. The predicted molar refractivity (Wildman–Crippen MR) is 105 cm³/mol. The summed E-state index contributed by atoms with van der Waals surface area (Å²) < 4.78 is 5.34. The average Bonchev–Trinajstić information content (AvgIpc) is 2.70. The molecule has 8 nitrogen and oxygen atoms in total. The van der Waals surface area contributed by atoms with E-state index in [1.54, 1.807) is 42.6 Å². The highest BCUT2D eigenvalue weighted by atomic mass is 16.6. The number of aromatic nitrogens is 1. The van der Waals surface area contributed by atoms with Gasteiger partial charge in [0, 0.05) is 6.07 Å². The van der Waals surface area contributed by atoms with Crippen molar-refractivity contribution in [1.82, 2.24) is 4.98 Å². The van der Waals surface area contributed by atoms with Crippen LogP contribution in [0, 0.1) is 17.0 Å². The zero-order valence-corrected chi connectivity index (χ0v) is 14.9. The van der Waals surface area contributed by atoms with Gasteiger partial charge in [0.15, 0.2) is 0 Å². The van der Waals surface area contributed by atoms with E-state index in [2.05, 4.69) is 15.5 Å². The number of nitrogens with one attached hydrogen (secondary N) is 1. The minimum absolute atomic E-state index is 0.0923. The van der Waals surface area contributed by atoms with Gasteiger partial charge in [0.05, 0.1) is 16.7 Å². The van der Waals surface area contributed by atoms with Crippen molar-refractivity contribution in [2.75, 3.05) is 5.43 Å². The van der Waals surface area contributed by atoms with Crippen molar-refractivity contribution in [3.05, 3.63) is 93.7 Å². The second kappa shape index (κ2) is 8.54. The predicted octanol–water partition coefficient (Wildman–Crippen LogP) is 3.96. The number of anilines is 1. The number of pyridine rings is 1. The molecule has 0 atom stereocenters. The molecule has 0 radical (unpaired) electrons. The Bertz CT molecular complexity index is 998. The van der Waals surface area contributed by atoms with Gasteiger partial charge >= 0.3 is 5.97 Å². The normalized spacial score (nSPS) is 10.6. The molecule has 0 saturated carbocycles. The Labute approximate surface area is 160 Å². The molecule has 0 saturated heterocycles. The Hall–Kier alpha value is -4.07. The first kappa shape index (κ1) is 18.7. The highest BCUT2D eigenvalue weighted by Gasteiger charge is 2.08. The number of rotatable bonds is 6. The van der Waals surface area contributed by atoms with E-state index in [0.29, 0.717) is 17.1 Å². The Morgan fingerprint density at radius 1 is 1.11 bits per heavy atom. The summed E-state index contributed by atoms with van der Waals surface area (Å²) in [5, 5.41) is 14.6. The highest BCUT2D eigenvalue weighted by molar-refractivity contribution is 5.91. The van der Waals surface area contributed by atoms with Crippen LogP contribution in [0.15, 0.2) is 72.0 Å². The van der Waals surface area contributed by atoms with Gasteiger partial charge in [-0.15, -0.1) is 0 Å². The molecular formula is C20H16N4O4. The lowest BCUT2D eigenvalue weighted by atomic mass is 10.1. The van der Waals surface area contributed by atoms with Gasteiger partial charge in [-0.1, -0.05) is 17.7 Å². The highest BCUT2D eigenvalue weighted by Crippen LogP contribution is 2.15. The smallest absolute Gasteiger partial charge is 0.343 e. The molecule has 1 aromatic heterocycles. The standard InChI is InChI=1S/C20H16N4O4/c1-14-2-6-16(7-3-14)20(25)28-18-9-4-15(5-10-18)12-22-23-19-11-8-17(13-21-19)24(26)27/h2-13H,1H3,(H,21,23)/b22-12+. The van der Waals surface area contributed by atoms with Crippen LogP contribution in [0.5, 0.6) is 5.75 Å². The summed E-state index contributed by atoms with van der Waals surface area (Å²) in [5.41, 5.74) is 4.91. The molecule has 0 aliphatic heterocycles. The van der Waals surface area contributed by atoms with Crippen molar-refractivity contribution < 1.29 is 14.5 Å². The number of ether oxygens (including phenoxy) is 1. The largest absolute Gasteiger partial charge is 0.423 e. The lowest BCUT2D eigenvalue weighted by molar-refractivity contribution is -0.385. The van der Waals surface area contributed by atoms with E-state index < -0.39 is 10.9 Å². The van der Waals surface area contributed by atoms with Gasteiger partial charge in [0.25, 0.3) is 5.69 Å². The van der Waals surface area contributed by atoms with Crippen LogP contribution >= 0.6 is 0 Å². The van der Waals surface area contributed by atoms with Gasteiger partial charge in [-0.2, -0.15) is 5.10 Å². The zero-order chi connectivity index (χ0) is 19.9. The van der Waals surface area contributed by atoms with Crippen molar-refractivity contribution in [2.45, 2.75) is 6.92 Å². The van der Waals surface area contributed by atoms with Gasteiger partial charge < -0.3 is 4.74 Å². The van der Waals surface area contributed by atoms with Gasteiger partial charge in [0.2, 0.25) is 0 Å². The molecule has 1 N–H and O–H groups in total. The second-order valence-electron chi connectivity index (χ2n) is 5.85. The summed E-state index contributed by atoms with van der Waals surface area (Å²) >= 11 is 0. The Morgan fingerprint density at radius 3 is 2.43 bits per heavy atom. The van der Waals surface area contributed by atoms with E-state index in [-0.39, 0.29) is 5.69 Å². The molecular weight excluding hydrogens is 360 g/mol. The number of benzene rings is 2. The summed E-state index contributed by atoms with van der Waals surface area (Å²) in [4.78, 5) is 26.0. The number of hydrogen-bond donors (Lipinski definition) is 1. The van der Waals surface area contributed by atoms with Crippen LogP contribution < -0.4 is 10.2 Å². The first-order valence-corrected chi connectivity index (χ1v) is 8.30. The van der Waals surface area contributed by atoms with E-state index in [1.165, 1.54) is 12.1 Å². The molecule has 0 aliphatic rings. The molecule has 3 rings (SSSR count). The van der Waals surface area contributed by atoms with Crippen LogP contribution in [0.25, 0.3) is 0 Å². The number of hydrogen-bond acceptors (Lipinski definition) is 7. The third-order valence-electron chi connectivity index (χ3n) is 3.73. The molecule has 0 bridgehead atoms. The lowest BCUT2D eigenvalue weighted by Gasteiger charge is -2.05. The summed E-state index contributed by atoms with van der Waals surface area (Å²) in [5.74, 6) is 0.380. The summed E-state index contributed by atoms with van der Waals surface area (Å²) in [7, 11) is 0. The first-order valence-electron chi connectivity index (χ1n) is 8.30. The molecule has 0 fully saturated rings. The lowest BCUT2D eigenvalue weighted by Crippen LogP contribution is -2.08. The monoisotopic (exact) mass is 376 g/mol. The van der Waals surface area contributed by atoms with Crippen LogP contribution in [0.1, 0.15) is 21.5 Å². The number of carbonyl (C=O) groups is 1. The number of nitrogens with zero attached hydrogens (tertiary/aromatic N) is 3. The second-order valence-corrected chi connectivity index (χ2v) is 5.85. The maximum absolute atomic E-state index is 12.1. The number of nitro groups is 1. The molecule has 3 aromatic rings. The third-order valence-corrected chi connectivity index (χ3v) is 3.73. The Balaban J connectivity index is 1.56. The van der Waals surface area contributed by atoms with Crippen LogP contribution in [-0.4, -0.2) is 22.1 Å². The Kier molecular flexibility index (Phi) is 5.71. The van der Waals surface area contributed by atoms with Crippen LogP contribution in [0.3, 0.4) is 0 Å². The van der Waals surface area contributed by atoms with Gasteiger partial charge in [0.1, 0.15) is 17.8 Å². The molecule has 2 aromatic carbocycles. The SMILES string of the molecule is Cc1ccc(C(=O)Oc2ccc(/C=N/Nc3ccc([N+](=O)[O-])cn3)cc2)cc1. The molecule has 0 unspecified atom stereocenters. The number of esters is 1. The summed E-state index contributed by atoms with van der Waals surface area (Å²) in [6, 6.07) is 16.7. The van der Waals surface area contributed by atoms with E-state index >= 15 is 0 Å². The quantitative estimate of drug-likeness (QED) is 0.229. The van der Waals surface area contributed by atoms with Crippen molar-refractivity contribution in [1.29, 1.82) is 0 Å². The number of carbonyl (C=O) groups excluding carboxylic acids is 1. The van der Waals surface area contributed by atoms with Crippen molar-refractivity contribution >= 4 is 23.7 Å². The number of aryl methyl sites for hydroxylation is 1. The fraction of sp³-hybridized carbons (Fsp3) is 0.0500. The molecule has 0 aliphatic carbocycles. The minimum atomic E-state index is -0.521. The average molecular weight is 376 g/mol. The molecule has 1 heterocycles. The minimum Gasteiger partial charge on any atom is -0.423 e. The summed E-state index contributed by atoms with van der Waals surface area (Å²) in [6.45, 7) is 1.95. The van der Waals surface area contributed by atoms with Crippen LogP contribution in [0.2, 0.25) is 0 Å². The first-order chi connectivity index (χ1) is 13.5. The molecule has 0 amide bonds. The maximum atomic E-state index is 12.1. The molecule has 28 heavy (non-hydrogen) atoms. The zero-order valence-electron chi connectivity index (χ0n) is 14.9. The van der Waals surface area contributed by atoms with E-state index in [1.807, 2.05) is 19.1 Å². The topological polar surface area (TPSA) is 107 Å². The van der Waals surface area contributed by atoms with E-state index in [4.69, 9.17) is 4.74 Å².